The Balaban J connectivity index is 2.11. The molecule has 0 aliphatic carbocycles. The van der Waals surface area contributed by atoms with E-state index < -0.39 is 0 Å². The number of hydrogen-bond acceptors (Lipinski definition) is 4. The van der Waals surface area contributed by atoms with E-state index >= 15 is 0 Å². The first-order valence-electron chi connectivity index (χ1n) is 4.52. The molecule has 1 unspecified atom stereocenters. The molecule has 15 heavy (non-hydrogen) atoms. The molecule has 0 aliphatic heterocycles. The van der Waals surface area contributed by atoms with Crippen molar-refractivity contribution in [3.63, 3.8) is 0 Å². The van der Waals surface area contributed by atoms with E-state index in [-0.39, 0.29) is 6.04 Å². The fourth-order valence-electron chi connectivity index (χ4n) is 1.41. The van der Waals surface area contributed by atoms with Crippen molar-refractivity contribution in [1.82, 2.24) is 5.43 Å². The van der Waals surface area contributed by atoms with Gasteiger partial charge in [-0.05, 0) is 45.1 Å². The van der Waals surface area contributed by atoms with E-state index in [4.69, 9.17) is 10.3 Å². The van der Waals surface area contributed by atoms with Gasteiger partial charge in [0.1, 0.15) is 5.76 Å². The van der Waals surface area contributed by atoms with Crippen molar-refractivity contribution < 1.29 is 4.42 Å². The zero-order valence-electron chi connectivity index (χ0n) is 7.94. The highest BCUT2D eigenvalue weighted by Crippen LogP contribution is 2.26. The minimum Gasteiger partial charge on any atom is -0.469 e. The molecule has 0 aromatic carbocycles. The van der Waals surface area contributed by atoms with Crippen LogP contribution in [0.3, 0.4) is 0 Å². The third-order valence-electron chi connectivity index (χ3n) is 2.18. The Kier molecular flexibility index (Phi) is 3.58. The quantitative estimate of drug-likeness (QED) is 0.671. The average Bonchev–Trinajstić information content (AvgIpc) is 2.85. The number of furan rings is 1. The molecule has 2 aromatic heterocycles. The molecule has 0 bridgehead atoms. The highest BCUT2D eigenvalue weighted by Gasteiger charge is 2.13. The summed E-state index contributed by atoms with van der Waals surface area (Å²) in [5, 5.41) is 2.08. The summed E-state index contributed by atoms with van der Waals surface area (Å²) in [7, 11) is 0. The summed E-state index contributed by atoms with van der Waals surface area (Å²) >= 11 is 5.09. The molecule has 0 aliphatic rings. The second-order valence-electron chi connectivity index (χ2n) is 3.19. The van der Waals surface area contributed by atoms with Crippen LogP contribution in [0.25, 0.3) is 0 Å². The lowest BCUT2D eigenvalue weighted by Gasteiger charge is -2.12. The van der Waals surface area contributed by atoms with Gasteiger partial charge in [0.25, 0.3) is 0 Å². The Morgan fingerprint density at radius 1 is 1.60 bits per heavy atom. The van der Waals surface area contributed by atoms with Gasteiger partial charge in [0, 0.05) is 6.42 Å². The molecule has 80 valence electrons. The Bertz CT molecular complexity index is 413. The highest BCUT2D eigenvalue weighted by atomic mass is 79.9. The second kappa shape index (κ2) is 4.94. The van der Waals surface area contributed by atoms with E-state index in [1.54, 1.807) is 17.6 Å². The fraction of sp³-hybridized carbons (Fsp3) is 0.200. The van der Waals surface area contributed by atoms with E-state index in [1.807, 2.05) is 12.1 Å². The topological polar surface area (TPSA) is 51.2 Å². The molecule has 0 spiro atoms. The maximum atomic E-state index is 5.53. The monoisotopic (exact) mass is 286 g/mol. The van der Waals surface area contributed by atoms with Crippen LogP contribution in [0.2, 0.25) is 0 Å². The molecular weight excluding hydrogens is 276 g/mol. The SMILES string of the molecule is NNC(Cc1ccco1)c1csc(Br)c1. The van der Waals surface area contributed by atoms with Crippen LogP contribution in [0.4, 0.5) is 0 Å². The van der Waals surface area contributed by atoms with Gasteiger partial charge < -0.3 is 4.42 Å². The van der Waals surface area contributed by atoms with Crippen LogP contribution >= 0.6 is 27.3 Å². The number of halogens is 1. The molecule has 0 saturated carbocycles. The molecule has 0 radical (unpaired) electrons. The molecule has 0 fully saturated rings. The van der Waals surface area contributed by atoms with Gasteiger partial charge in [0.05, 0.1) is 16.1 Å². The molecule has 3 N–H and O–H groups in total. The molecule has 0 amide bonds. The minimum absolute atomic E-state index is 0.0960. The lowest BCUT2D eigenvalue weighted by Crippen LogP contribution is -2.29. The summed E-state index contributed by atoms with van der Waals surface area (Å²) < 4.78 is 6.40. The number of hydrogen-bond donors (Lipinski definition) is 2. The number of rotatable bonds is 4. The summed E-state index contributed by atoms with van der Waals surface area (Å²) in [6.45, 7) is 0. The van der Waals surface area contributed by atoms with Crippen LogP contribution in [0, 0.1) is 0 Å². The standard InChI is InChI=1S/C10H11BrN2OS/c11-10-4-7(6-15-10)9(13-12)5-8-2-1-3-14-8/h1-4,6,9,13H,5,12H2. The Morgan fingerprint density at radius 2 is 2.47 bits per heavy atom. The van der Waals surface area contributed by atoms with Gasteiger partial charge >= 0.3 is 0 Å². The number of nitrogens with two attached hydrogens (primary N) is 1. The Morgan fingerprint density at radius 3 is 3.00 bits per heavy atom. The zero-order chi connectivity index (χ0) is 10.7. The van der Waals surface area contributed by atoms with E-state index in [9.17, 15) is 0 Å². The summed E-state index contributed by atoms with van der Waals surface area (Å²) in [5.41, 5.74) is 3.97. The van der Waals surface area contributed by atoms with Crippen molar-refractivity contribution in [1.29, 1.82) is 0 Å². The summed E-state index contributed by atoms with van der Waals surface area (Å²) in [5.74, 6) is 6.46. The second-order valence-corrected chi connectivity index (χ2v) is 5.48. The number of thiophene rings is 1. The average molecular weight is 287 g/mol. The van der Waals surface area contributed by atoms with Gasteiger partial charge in [-0.2, -0.15) is 0 Å². The van der Waals surface area contributed by atoms with Crippen molar-refractivity contribution in [2.24, 2.45) is 5.84 Å². The third kappa shape index (κ3) is 2.69. The normalized spacial score (nSPS) is 12.9. The minimum atomic E-state index is 0.0960. The molecule has 2 heterocycles. The van der Waals surface area contributed by atoms with Crippen LogP contribution in [0.1, 0.15) is 17.4 Å². The lowest BCUT2D eigenvalue weighted by atomic mass is 10.1. The number of hydrazine groups is 1. The first kappa shape index (κ1) is 10.9. The number of nitrogens with one attached hydrogen (secondary N) is 1. The summed E-state index contributed by atoms with van der Waals surface area (Å²) in [6.07, 6.45) is 2.43. The maximum absolute atomic E-state index is 5.53. The van der Waals surface area contributed by atoms with Gasteiger partial charge in [-0.25, -0.2) is 0 Å². The molecule has 1 atom stereocenters. The summed E-state index contributed by atoms with van der Waals surface area (Å²) in [6, 6.07) is 6.00. The van der Waals surface area contributed by atoms with E-state index in [1.165, 1.54) is 5.56 Å². The van der Waals surface area contributed by atoms with Gasteiger partial charge in [0.15, 0.2) is 0 Å². The molecule has 5 heteroatoms. The van der Waals surface area contributed by atoms with Crippen LogP contribution in [-0.4, -0.2) is 0 Å². The van der Waals surface area contributed by atoms with Crippen molar-refractivity contribution in [3.8, 4) is 0 Å². The van der Waals surface area contributed by atoms with Crippen molar-refractivity contribution in [3.05, 3.63) is 45.0 Å². The smallest absolute Gasteiger partial charge is 0.105 e. The van der Waals surface area contributed by atoms with Gasteiger partial charge in [-0.3, -0.25) is 11.3 Å². The van der Waals surface area contributed by atoms with Crippen LogP contribution < -0.4 is 11.3 Å². The fourth-order valence-corrected chi connectivity index (χ4v) is 2.64. The zero-order valence-corrected chi connectivity index (χ0v) is 10.3. The molecular formula is C10H11BrN2OS. The highest BCUT2D eigenvalue weighted by molar-refractivity contribution is 9.11. The predicted molar refractivity (Wildman–Crippen MR) is 64.5 cm³/mol. The molecule has 0 saturated heterocycles. The lowest BCUT2D eigenvalue weighted by molar-refractivity contribution is 0.455. The maximum Gasteiger partial charge on any atom is 0.105 e. The van der Waals surface area contributed by atoms with E-state index in [0.717, 1.165) is 16.0 Å². The Hall–Kier alpha value is -0.620. The van der Waals surface area contributed by atoms with Gasteiger partial charge in [0.2, 0.25) is 0 Å². The van der Waals surface area contributed by atoms with E-state index in [2.05, 4.69) is 32.8 Å². The van der Waals surface area contributed by atoms with Gasteiger partial charge in [-0.1, -0.05) is 0 Å². The largest absolute Gasteiger partial charge is 0.469 e. The third-order valence-corrected chi connectivity index (χ3v) is 3.70. The summed E-state index contributed by atoms with van der Waals surface area (Å²) in [4.78, 5) is 0. The van der Waals surface area contributed by atoms with Crippen molar-refractivity contribution in [2.75, 3.05) is 0 Å². The predicted octanol–water partition coefficient (Wildman–Crippen LogP) is 2.85. The van der Waals surface area contributed by atoms with Gasteiger partial charge in [-0.15, -0.1) is 11.3 Å². The van der Waals surface area contributed by atoms with Crippen molar-refractivity contribution in [2.45, 2.75) is 12.5 Å². The van der Waals surface area contributed by atoms with Crippen LogP contribution in [-0.2, 0) is 6.42 Å². The van der Waals surface area contributed by atoms with Crippen LogP contribution in [0.5, 0.6) is 0 Å². The first-order chi connectivity index (χ1) is 7.29. The first-order valence-corrected chi connectivity index (χ1v) is 6.19. The van der Waals surface area contributed by atoms with Crippen LogP contribution in [0.15, 0.2) is 38.0 Å². The van der Waals surface area contributed by atoms with Crippen molar-refractivity contribution >= 4 is 27.3 Å². The molecule has 2 rings (SSSR count). The van der Waals surface area contributed by atoms with E-state index in [0.29, 0.717) is 0 Å². The Labute approximate surface area is 100 Å². The molecule has 2 aromatic rings. The molecule has 3 nitrogen and oxygen atoms in total.